The normalized spacial score (nSPS) is 14.7. The van der Waals surface area contributed by atoms with E-state index in [0.29, 0.717) is 11.3 Å². The molecule has 0 bridgehead atoms. The smallest absolute Gasteiger partial charge is 0.250 e. The van der Waals surface area contributed by atoms with Gasteiger partial charge in [-0.15, -0.1) is 0 Å². The SMILES string of the molecule is CS(=O)(=O)c1ccc(Nc2ncc(F)c(-c3ccc(=O)n(C4CCCC4)c3)n2)cc1. The topological polar surface area (TPSA) is 94.0 Å². The number of anilines is 2. The van der Waals surface area contributed by atoms with Crippen molar-refractivity contribution in [2.75, 3.05) is 11.6 Å². The first kappa shape index (κ1) is 20.2. The number of hydrogen-bond acceptors (Lipinski definition) is 6. The van der Waals surface area contributed by atoms with Gasteiger partial charge in [0, 0.05) is 35.8 Å². The van der Waals surface area contributed by atoms with Crippen LogP contribution in [-0.2, 0) is 9.84 Å². The van der Waals surface area contributed by atoms with Crippen molar-refractivity contribution >= 4 is 21.5 Å². The number of aromatic nitrogens is 3. The lowest BCUT2D eigenvalue weighted by Crippen LogP contribution is -2.22. The second-order valence-electron chi connectivity index (χ2n) is 7.41. The minimum Gasteiger partial charge on any atom is -0.324 e. The van der Waals surface area contributed by atoms with Gasteiger partial charge in [0.1, 0.15) is 5.69 Å². The average molecular weight is 428 g/mol. The first-order valence-electron chi connectivity index (χ1n) is 9.63. The molecule has 30 heavy (non-hydrogen) atoms. The minimum absolute atomic E-state index is 0.0898. The lowest BCUT2D eigenvalue weighted by atomic mass is 10.1. The zero-order valence-corrected chi connectivity index (χ0v) is 17.2. The number of rotatable bonds is 5. The third kappa shape index (κ3) is 4.25. The van der Waals surface area contributed by atoms with Crippen LogP contribution in [0.15, 0.2) is 58.5 Å². The third-order valence-corrected chi connectivity index (χ3v) is 6.34. The molecule has 7 nitrogen and oxygen atoms in total. The van der Waals surface area contributed by atoms with E-state index in [4.69, 9.17) is 0 Å². The monoisotopic (exact) mass is 428 g/mol. The molecule has 0 saturated heterocycles. The van der Waals surface area contributed by atoms with E-state index in [1.165, 1.54) is 18.2 Å². The quantitative estimate of drug-likeness (QED) is 0.666. The summed E-state index contributed by atoms with van der Waals surface area (Å²) in [5.74, 6) is -0.429. The van der Waals surface area contributed by atoms with Crippen molar-refractivity contribution in [3.63, 3.8) is 0 Å². The predicted octanol–water partition coefficient (Wildman–Crippen LogP) is 3.71. The lowest BCUT2D eigenvalue weighted by Gasteiger charge is -2.15. The van der Waals surface area contributed by atoms with Crippen molar-refractivity contribution in [3.05, 3.63) is 65.0 Å². The molecule has 3 aromatic rings. The van der Waals surface area contributed by atoms with E-state index in [2.05, 4.69) is 15.3 Å². The van der Waals surface area contributed by atoms with Gasteiger partial charge in [-0.3, -0.25) is 4.79 Å². The summed E-state index contributed by atoms with van der Waals surface area (Å²) in [6, 6.07) is 9.25. The molecule has 0 atom stereocenters. The summed E-state index contributed by atoms with van der Waals surface area (Å²) in [5.41, 5.74) is 1.05. The summed E-state index contributed by atoms with van der Waals surface area (Å²) in [6.45, 7) is 0. The Bertz CT molecular complexity index is 1230. The van der Waals surface area contributed by atoms with Gasteiger partial charge in [-0.1, -0.05) is 12.8 Å². The van der Waals surface area contributed by atoms with E-state index in [0.717, 1.165) is 38.1 Å². The van der Waals surface area contributed by atoms with E-state index < -0.39 is 15.7 Å². The largest absolute Gasteiger partial charge is 0.324 e. The van der Waals surface area contributed by atoms with Crippen LogP contribution in [0, 0.1) is 5.82 Å². The fourth-order valence-electron chi connectivity index (χ4n) is 3.66. The molecule has 4 rings (SSSR count). The highest BCUT2D eigenvalue weighted by Crippen LogP contribution is 2.30. The van der Waals surface area contributed by atoms with Crippen molar-refractivity contribution in [2.24, 2.45) is 0 Å². The van der Waals surface area contributed by atoms with Gasteiger partial charge >= 0.3 is 0 Å². The molecule has 0 spiro atoms. The van der Waals surface area contributed by atoms with Crippen LogP contribution < -0.4 is 10.9 Å². The highest BCUT2D eigenvalue weighted by Gasteiger charge is 2.19. The summed E-state index contributed by atoms with van der Waals surface area (Å²) in [4.78, 5) is 20.7. The maximum Gasteiger partial charge on any atom is 0.250 e. The van der Waals surface area contributed by atoms with Crippen molar-refractivity contribution in [1.29, 1.82) is 0 Å². The molecule has 0 radical (unpaired) electrons. The van der Waals surface area contributed by atoms with Crippen molar-refractivity contribution in [1.82, 2.24) is 14.5 Å². The van der Waals surface area contributed by atoms with Gasteiger partial charge in [-0.25, -0.2) is 22.8 Å². The van der Waals surface area contributed by atoms with Gasteiger partial charge in [0.15, 0.2) is 15.7 Å². The van der Waals surface area contributed by atoms with E-state index in [-0.39, 0.29) is 28.1 Å². The molecule has 0 amide bonds. The standard InChI is InChI=1S/C21H21FN4O3S/c1-30(28,29)17-9-7-15(8-10-17)24-21-23-12-18(22)20(25-21)14-6-11-19(27)26(13-14)16-4-2-3-5-16/h6-13,16H,2-5H2,1H3,(H,23,24,25). The molecule has 9 heteroatoms. The molecular weight excluding hydrogens is 407 g/mol. The summed E-state index contributed by atoms with van der Waals surface area (Å²) in [7, 11) is -3.29. The van der Waals surface area contributed by atoms with Crippen LogP contribution in [0.1, 0.15) is 31.7 Å². The van der Waals surface area contributed by atoms with E-state index >= 15 is 0 Å². The molecule has 1 N–H and O–H groups in total. The van der Waals surface area contributed by atoms with E-state index in [1.54, 1.807) is 29.0 Å². The van der Waals surface area contributed by atoms with Crippen molar-refractivity contribution < 1.29 is 12.8 Å². The second kappa shape index (κ2) is 7.98. The van der Waals surface area contributed by atoms with Gasteiger partial charge in [0.05, 0.1) is 11.1 Å². The molecule has 156 valence electrons. The van der Waals surface area contributed by atoms with Gasteiger partial charge in [0.25, 0.3) is 5.56 Å². The Morgan fingerprint density at radius 3 is 2.47 bits per heavy atom. The Kier molecular flexibility index (Phi) is 5.38. The van der Waals surface area contributed by atoms with E-state index in [9.17, 15) is 17.6 Å². The van der Waals surface area contributed by atoms with Crippen LogP contribution in [0.4, 0.5) is 16.0 Å². The van der Waals surface area contributed by atoms with Crippen LogP contribution in [0.5, 0.6) is 0 Å². The lowest BCUT2D eigenvalue weighted by molar-refractivity contribution is 0.503. The third-order valence-electron chi connectivity index (χ3n) is 5.21. The van der Waals surface area contributed by atoms with Crippen LogP contribution in [0.2, 0.25) is 0 Å². The highest BCUT2D eigenvalue weighted by atomic mass is 32.2. The van der Waals surface area contributed by atoms with Crippen LogP contribution in [0.3, 0.4) is 0 Å². The molecule has 0 aliphatic heterocycles. The maximum absolute atomic E-state index is 14.5. The molecule has 0 unspecified atom stereocenters. The molecule has 1 saturated carbocycles. The maximum atomic E-state index is 14.5. The number of sulfone groups is 1. The summed E-state index contributed by atoms with van der Waals surface area (Å²) in [5, 5.41) is 2.95. The Morgan fingerprint density at radius 1 is 1.10 bits per heavy atom. The molecule has 1 aromatic carbocycles. The first-order valence-corrected chi connectivity index (χ1v) is 11.5. The van der Waals surface area contributed by atoms with Crippen molar-refractivity contribution in [3.8, 4) is 11.3 Å². The molecule has 1 aliphatic carbocycles. The fourth-order valence-corrected chi connectivity index (χ4v) is 4.29. The first-order chi connectivity index (χ1) is 14.3. The summed E-state index contributed by atoms with van der Waals surface area (Å²) in [6.07, 6.45) is 7.90. The zero-order chi connectivity index (χ0) is 21.3. The Balaban J connectivity index is 1.64. The molecule has 2 aromatic heterocycles. The second-order valence-corrected chi connectivity index (χ2v) is 9.43. The van der Waals surface area contributed by atoms with Crippen LogP contribution in [0.25, 0.3) is 11.3 Å². The number of halogens is 1. The molecule has 1 fully saturated rings. The van der Waals surface area contributed by atoms with Gasteiger partial charge in [-0.05, 0) is 43.2 Å². The van der Waals surface area contributed by atoms with Crippen molar-refractivity contribution in [2.45, 2.75) is 36.6 Å². The van der Waals surface area contributed by atoms with Crippen LogP contribution in [-0.4, -0.2) is 29.2 Å². The van der Waals surface area contributed by atoms with Gasteiger partial charge in [0.2, 0.25) is 5.95 Å². The molecule has 2 heterocycles. The van der Waals surface area contributed by atoms with Gasteiger partial charge < -0.3 is 9.88 Å². The van der Waals surface area contributed by atoms with Gasteiger partial charge in [-0.2, -0.15) is 0 Å². The Morgan fingerprint density at radius 2 is 1.80 bits per heavy atom. The summed E-state index contributed by atoms with van der Waals surface area (Å²) < 4.78 is 39.3. The number of hydrogen-bond donors (Lipinski definition) is 1. The number of benzene rings is 1. The predicted molar refractivity (Wildman–Crippen MR) is 112 cm³/mol. The Labute approximate surface area is 173 Å². The highest BCUT2D eigenvalue weighted by molar-refractivity contribution is 7.90. The number of nitrogens with zero attached hydrogens (tertiary/aromatic N) is 3. The number of pyridine rings is 1. The Hall–Kier alpha value is -3.07. The zero-order valence-electron chi connectivity index (χ0n) is 16.4. The summed E-state index contributed by atoms with van der Waals surface area (Å²) >= 11 is 0. The fraction of sp³-hybridized carbons (Fsp3) is 0.286. The number of nitrogens with one attached hydrogen (secondary N) is 1. The average Bonchev–Trinajstić information content (AvgIpc) is 3.24. The van der Waals surface area contributed by atoms with E-state index in [1.807, 2.05) is 0 Å². The molecular formula is C21H21FN4O3S. The van der Waals surface area contributed by atoms with Crippen LogP contribution >= 0.6 is 0 Å². The minimum atomic E-state index is -3.29. The molecule has 1 aliphatic rings.